The maximum Gasteiger partial charge on any atom is 0.268 e. The van der Waals surface area contributed by atoms with Gasteiger partial charge in [-0.3, -0.25) is 4.90 Å². The van der Waals surface area contributed by atoms with Crippen molar-refractivity contribution in [3.05, 3.63) is 99.6 Å². The Morgan fingerprint density at radius 1 is 1.12 bits per heavy atom. The Morgan fingerprint density at radius 2 is 1.88 bits per heavy atom. The van der Waals surface area contributed by atoms with Gasteiger partial charge < -0.3 is 9.64 Å². The maximum atomic E-state index is 15.6. The average Bonchev–Trinajstić information content (AvgIpc) is 3.66. The van der Waals surface area contributed by atoms with Crippen molar-refractivity contribution >= 4 is 44.5 Å². The molecule has 0 bridgehead atoms. The van der Waals surface area contributed by atoms with Gasteiger partial charge in [0.1, 0.15) is 16.5 Å². The van der Waals surface area contributed by atoms with Gasteiger partial charge in [-0.05, 0) is 35.7 Å². The molecule has 1 fully saturated rings. The van der Waals surface area contributed by atoms with Crippen LogP contribution in [0.4, 0.5) is 15.9 Å². The third kappa shape index (κ3) is 6.10. The van der Waals surface area contributed by atoms with Crippen LogP contribution in [0.15, 0.2) is 82.5 Å². The van der Waals surface area contributed by atoms with E-state index < -0.39 is 20.7 Å². The van der Waals surface area contributed by atoms with Gasteiger partial charge in [0, 0.05) is 44.2 Å². The van der Waals surface area contributed by atoms with Gasteiger partial charge in [-0.1, -0.05) is 54.1 Å². The molecule has 1 aliphatic heterocycles. The Labute approximate surface area is 243 Å². The van der Waals surface area contributed by atoms with Crippen LogP contribution in [0.5, 0.6) is 5.75 Å². The summed E-state index contributed by atoms with van der Waals surface area (Å²) < 4.78 is 49.6. The summed E-state index contributed by atoms with van der Waals surface area (Å²) in [4.78, 5) is 8.00. The molecule has 3 aromatic carbocycles. The van der Waals surface area contributed by atoms with E-state index in [1.54, 1.807) is 36.8 Å². The minimum absolute atomic E-state index is 0.0336. The number of thiazole rings is 1. The summed E-state index contributed by atoms with van der Waals surface area (Å²) in [6.07, 6.45) is 0.890. The fourth-order valence-corrected chi connectivity index (χ4v) is 7.37. The lowest BCUT2D eigenvalue weighted by Gasteiger charge is -2.29. The van der Waals surface area contributed by atoms with Crippen molar-refractivity contribution < 1.29 is 17.5 Å². The van der Waals surface area contributed by atoms with E-state index >= 15 is 4.39 Å². The zero-order chi connectivity index (χ0) is 28.3. The van der Waals surface area contributed by atoms with Crippen LogP contribution >= 0.6 is 22.9 Å². The highest BCUT2D eigenvalue weighted by atomic mass is 35.5. The highest BCUT2D eigenvalue weighted by molar-refractivity contribution is 7.92. The first-order valence-electron chi connectivity index (χ1n) is 12.8. The molecule has 0 saturated carbocycles. The van der Waals surface area contributed by atoms with Crippen LogP contribution in [0.25, 0.3) is 0 Å². The van der Waals surface area contributed by atoms with Crippen LogP contribution in [-0.2, 0) is 23.1 Å². The molecule has 210 valence electrons. The van der Waals surface area contributed by atoms with E-state index in [9.17, 15) is 8.42 Å². The van der Waals surface area contributed by atoms with Crippen LogP contribution in [-0.4, -0.2) is 51.6 Å². The molecule has 5 rings (SSSR count). The van der Waals surface area contributed by atoms with Crippen molar-refractivity contribution in [2.45, 2.75) is 30.4 Å². The molecule has 7 nitrogen and oxygen atoms in total. The molecule has 1 aliphatic rings. The highest BCUT2D eigenvalue weighted by Crippen LogP contribution is 2.35. The number of sulfonamides is 1. The molecule has 1 aromatic heterocycles. The number of hydrogen-bond donors (Lipinski definition) is 0. The van der Waals surface area contributed by atoms with Gasteiger partial charge in [0.15, 0.2) is 5.82 Å². The Balaban J connectivity index is 1.38. The quantitative estimate of drug-likeness (QED) is 0.221. The number of hydrogen-bond acceptors (Lipinski definition) is 7. The molecule has 1 saturated heterocycles. The molecular formula is C29H30ClFN4O3S2. The summed E-state index contributed by atoms with van der Waals surface area (Å²) in [7, 11) is -0.906. The summed E-state index contributed by atoms with van der Waals surface area (Å²) >= 11 is 7.89. The van der Waals surface area contributed by atoms with E-state index in [0.717, 1.165) is 30.4 Å². The molecule has 0 radical (unpaired) electrons. The Hall–Kier alpha value is -3.18. The second-order valence-electron chi connectivity index (χ2n) is 9.71. The van der Waals surface area contributed by atoms with E-state index in [4.69, 9.17) is 16.3 Å². The first kappa shape index (κ1) is 28.4. The maximum absolute atomic E-state index is 15.6. The first-order valence-corrected chi connectivity index (χ1v) is 15.5. The van der Waals surface area contributed by atoms with Crippen molar-refractivity contribution in [2.24, 2.45) is 0 Å². The Bertz CT molecular complexity index is 1540. The van der Waals surface area contributed by atoms with E-state index in [1.807, 2.05) is 30.1 Å². The minimum Gasteiger partial charge on any atom is -0.497 e. The summed E-state index contributed by atoms with van der Waals surface area (Å²) in [5.41, 5.74) is 3.93. The van der Waals surface area contributed by atoms with E-state index in [1.165, 1.54) is 34.5 Å². The number of methoxy groups -OCH3 is 1. The molecule has 0 aliphatic carbocycles. The largest absolute Gasteiger partial charge is 0.497 e. The second-order valence-corrected chi connectivity index (χ2v) is 12.7. The number of halogens is 2. The Kier molecular flexibility index (Phi) is 8.60. The van der Waals surface area contributed by atoms with Gasteiger partial charge in [-0.2, -0.15) is 0 Å². The molecule has 2 heterocycles. The van der Waals surface area contributed by atoms with Crippen molar-refractivity contribution in [3.8, 4) is 5.75 Å². The van der Waals surface area contributed by atoms with Crippen molar-refractivity contribution in [2.75, 3.05) is 36.5 Å². The summed E-state index contributed by atoms with van der Waals surface area (Å²) in [6, 6.07) is 19.8. The minimum atomic E-state index is -4.34. The molecular weight excluding hydrogens is 571 g/mol. The van der Waals surface area contributed by atoms with Gasteiger partial charge in [0.2, 0.25) is 0 Å². The van der Waals surface area contributed by atoms with Gasteiger partial charge in [0.25, 0.3) is 10.0 Å². The fraction of sp³-hybridized carbons (Fsp3) is 0.276. The number of aromatic nitrogens is 1. The molecule has 40 heavy (non-hydrogen) atoms. The lowest BCUT2D eigenvalue weighted by molar-refractivity contribution is 0.326. The monoisotopic (exact) mass is 600 g/mol. The number of likely N-dealkylation sites (N-methyl/N-ethyl adjacent to an activating group) is 1. The van der Waals surface area contributed by atoms with Crippen molar-refractivity contribution in [1.29, 1.82) is 0 Å². The van der Waals surface area contributed by atoms with Gasteiger partial charge in [-0.25, -0.2) is 22.1 Å². The number of ether oxygens (including phenoxy) is 1. The summed E-state index contributed by atoms with van der Waals surface area (Å²) in [6.45, 7) is 2.51. The second kappa shape index (κ2) is 12.1. The number of anilines is 2. The molecule has 1 atom stereocenters. The third-order valence-electron chi connectivity index (χ3n) is 7.15. The van der Waals surface area contributed by atoms with Crippen LogP contribution in [0.2, 0.25) is 5.02 Å². The van der Waals surface area contributed by atoms with Gasteiger partial charge >= 0.3 is 0 Å². The fourth-order valence-electron chi connectivity index (χ4n) is 4.93. The number of nitrogens with zero attached hydrogens (tertiary/aromatic N) is 4. The van der Waals surface area contributed by atoms with Crippen LogP contribution < -0.4 is 13.9 Å². The van der Waals surface area contributed by atoms with Crippen molar-refractivity contribution in [3.63, 3.8) is 0 Å². The number of rotatable bonds is 10. The first-order chi connectivity index (χ1) is 19.3. The number of benzene rings is 3. The molecule has 11 heteroatoms. The Morgan fingerprint density at radius 3 is 2.55 bits per heavy atom. The molecule has 4 aromatic rings. The highest BCUT2D eigenvalue weighted by Gasteiger charge is 2.32. The standard InChI is InChI=1S/C29H30ClFN4O3S2/c1-33(23-12-13-34(18-23)16-21-6-4-3-5-7-21)27-15-26(31)28(14-25(27)30)40(36,37)35(29-19-39-20-32-29)17-22-8-10-24(38-2)11-9-22/h3-11,14-15,19-20,23H,12-13,16-18H2,1-2H3/t23-/m0/s1. The molecule has 0 unspecified atom stereocenters. The number of likely N-dealkylation sites (tertiary alicyclic amines) is 1. The molecule has 0 amide bonds. The summed E-state index contributed by atoms with van der Waals surface area (Å²) in [5, 5.41) is 1.79. The lowest BCUT2D eigenvalue weighted by atomic mass is 10.2. The van der Waals surface area contributed by atoms with Crippen LogP contribution in [0, 0.1) is 5.82 Å². The normalized spacial score (nSPS) is 15.8. The van der Waals surface area contributed by atoms with E-state index in [-0.39, 0.29) is 23.4 Å². The van der Waals surface area contributed by atoms with E-state index in [2.05, 4.69) is 22.0 Å². The zero-order valence-corrected chi connectivity index (χ0v) is 24.6. The molecule has 0 N–H and O–H groups in total. The summed E-state index contributed by atoms with van der Waals surface area (Å²) in [5.74, 6) is -0.00264. The van der Waals surface area contributed by atoms with Gasteiger partial charge in [-0.15, -0.1) is 11.3 Å². The topological polar surface area (TPSA) is 66.0 Å². The van der Waals surface area contributed by atoms with Crippen LogP contribution in [0.1, 0.15) is 17.5 Å². The van der Waals surface area contributed by atoms with Crippen molar-refractivity contribution in [1.82, 2.24) is 9.88 Å². The average molecular weight is 601 g/mol. The smallest absolute Gasteiger partial charge is 0.268 e. The van der Waals surface area contributed by atoms with E-state index in [0.29, 0.717) is 17.0 Å². The van der Waals surface area contributed by atoms with Gasteiger partial charge in [0.05, 0.1) is 29.9 Å². The third-order valence-corrected chi connectivity index (χ3v) is 9.80. The zero-order valence-electron chi connectivity index (χ0n) is 22.2. The molecule has 0 spiro atoms. The lowest BCUT2D eigenvalue weighted by Crippen LogP contribution is -2.35. The van der Waals surface area contributed by atoms with Crippen LogP contribution in [0.3, 0.4) is 0 Å². The predicted molar refractivity (Wildman–Crippen MR) is 158 cm³/mol. The SMILES string of the molecule is COc1ccc(CN(c2cscn2)S(=O)(=O)c2cc(Cl)c(N(C)[C@H]3CCN(Cc4ccccc4)C3)cc2F)cc1. The predicted octanol–water partition coefficient (Wildman–Crippen LogP) is 6.05.